The number of amides is 1. The van der Waals surface area contributed by atoms with Crippen LogP contribution in [0.4, 0.5) is 0 Å². The zero-order valence-corrected chi connectivity index (χ0v) is 7.36. The van der Waals surface area contributed by atoms with E-state index in [1.54, 1.807) is 4.90 Å². The lowest BCUT2D eigenvalue weighted by molar-refractivity contribution is -0.126. The highest BCUT2D eigenvalue weighted by Crippen LogP contribution is 2.21. The van der Waals surface area contributed by atoms with E-state index in [1.165, 1.54) is 17.2 Å². The van der Waals surface area contributed by atoms with Crippen LogP contribution in [0.25, 0.3) is 0 Å². The molecular formula is C11H11NO. The number of rotatable bonds is 1. The maximum Gasteiger partial charge on any atom is 0.246 e. The summed E-state index contributed by atoms with van der Waals surface area (Å²) in [6.45, 7) is 4.92. The smallest absolute Gasteiger partial charge is 0.246 e. The van der Waals surface area contributed by atoms with E-state index in [0.717, 1.165) is 13.1 Å². The van der Waals surface area contributed by atoms with Gasteiger partial charge in [0.15, 0.2) is 0 Å². The molecule has 0 atom stereocenters. The Hall–Kier alpha value is -1.57. The second kappa shape index (κ2) is 3.05. The molecule has 0 saturated carbocycles. The highest BCUT2D eigenvalue weighted by atomic mass is 16.2. The maximum absolute atomic E-state index is 11.3. The Morgan fingerprint density at radius 2 is 1.85 bits per heavy atom. The van der Waals surface area contributed by atoms with Gasteiger partial charge in [-0.15, -0.1) is 0 Å². The molecule has 0 aromatic heterocycles. The third-order valence-electron chi connectivity index (χ3n) is 2.33. The van der Waals surface area contributed by atoms with Gasteiger partial charge >= 0.3 is 0 Å². The molecule has 1 aromatic carbocycles. The third kappa shape index (κ3) is 1.35. The largest absolute Gasteiger partial charge is 0.331 e. The zero-order valence-electron chi connectivity index (χ0n) is 7.36. The summed E-state index contributed by atoms with van der Waals surface area (Å²) in [4.78, 5) is 13.1. The second-order valence-electron chi connectivity index (χ2n) is 3.17. The van der Waals surface area contributed by atoms with E-state index in [1.807, 2.05) is 12.1 Å². The Bertz CT molecular complexity index is 332. The molecule has 1 heterocycles. The fourth-order valence-electron chi connectivity index (χ4n) is 1.62. The summed E-state index contributed by atoms with van der Waals surface area (Å²) in [7, 11) is 0. The van der Waals surface area contributed by atoms with Gasteiger partial charge in [-0.3, -0.25) is 4.79 Å². The van der Waals surface area contributed by atoms with E-state index in [-0.39, 0.29) is 5.91 Å². The lowest BCUT2D eigenvalue weighted by Gasteiger charge is -2.11. The molecule has 0 fully saturated rings. The van der Waals surface area contributed by atoms with Crippen molar-refractivity contribution in [2.45, 2.75) is 13.1 Å². The molecule has 1 amide bonds. The Balaban J connectivity index is 2.23. The fraction of sp³-hybridized carbons (Fsp3) is 0.182. The Morgan fingerprint density at radius 3 is 2.31 bits per heavy atom. The predicted molar refractivity (Wildman–Crippen MR) is 50.9 cm³/mol. The van der Waals surface area contributed by atoms with Crippen LogP contribution in [0.1, 0.15) is 11.1 Å². The number of nitrogens with zero attached hydrogens (tertiary/aromatic N) is 1. The Kier molecular flexibility index (Phi) is 1.89. The maximum atomic E-state index is 11.3. The molecule has 0 N–H and O–H groups in total. The van der Waals surface area contributed by atoms with Gasteiger partial charge in [-0.05, 0) is 17.2 Å². The van der Waals surface area contributed by atoms with Crippen LogP contribution >= 0.6 is 0 Å². The van der Waals surface area contributed by atoms with Gasteiger partial charge in [-0.25, -0.2) is 0 Å². The molecule has 2 rings (SSSR count). The minimum Gasteiger partial charge on any atom is -0.331 e. The summed E-state index contributed by atoms with van der Waals surface area (Å²) >= 11 is 0. The monoisotopic (exact) mass is 173 g/mol. The van der Waals surface area contributed by atoms with E-state index >= 15 is 0 Å². The van der Waals surface area contributed by atoms with Crippen molar-refractivity contribution in [3.8, 4) is 0 Å². The number of fused-ring (bicyclic) bond motifs is 1. The van der Waals surface area contributed by atoms with Gasteiger partial charge in [0.2, 0.25) is 5.91 Å². The van der Waals surface area contributed by atoms with Crippen molar-refractivity contribution >= 4 is 5.91 Å². The lowest BCUT2D eigenvalue weighted by atomic mass is 10.1. The van der Waals surface area contributed by atoms with Crippen LogP contribution in [0.15, 0.2) is 36.9 Å². The first-order valence-electron chi connectivity index (χ1n) is 4.29. The van der Waals surface area contributed by atoms with Crippen LogP contribution in [0.2, 0.25) is 0 Å². The SMILES string of the molecule is C=CC(=O)N1Cc2ccccc2C1. The second-order valence-corrected chi connectivity index (χ2v) is 3.17. The van der Waals surface area contributed by atoms with E-state index < -0.39 is 0 Å². The number of carbonyl (C=O) groups is 1. The highest BCUT2D eigenvalue weighted by molar-refractivity contribution is 5.87. The normalized spacial score (nSPS) is 14.0. The standard InChI is InChI=1S/C11H11NO/c1-2-11(13)12-7-9-5-3-4-6-10(9)8-12/h2-6H,1,7-8H2. The molecule has 13 heavy (non-hydrogen) atoms. The van der Waals surface area contributed by atoms with Crippen molar-refractivity contribution in [1.29, 1.82) is 0 Å². The summed E-state index contributed by atoms with van der Waals surface area (Å²) in [5.74, 6) is 0.0104. The van der Waals surface area contributed by atoms with Crippen molar-refractivity contribution in [2.75, 3.05) is 0 Å². The van der Waals surface area contributed by atoms with E-state index in [4.69, 9.17) is 0 Å². The summed E-state index contributed by atoms with van der Waals surface area (Å²) in [6.07, 6.45) is 1.37. The lowest BCUT2D eigenvalue weighted by Crippen LogP contribution is -2.22. The van der Waals surface area contributed by atoms with Crippen LogP contribution in [0.5, 0.6) is 0 Å². The minimum atomic E-state index is 0.0104. The van der Waals surface area contributed by atoms with Crippen molar-refractivity contribution in [3.05, 3.63) is 48.0 Å². The van der Waals surface area contributed by atoms with Crippen molar-refractivity contribution in [1.82, 2.24) is 4.90 Å². The summed E-state index contributed by atoms with van der Waals surface area (Å²) in [5, 5.41) is 0. The van der Waals surface area contributed by atoms with Gasteiger partial charge in [0, 0.05) is 13.1 Å². The first-order valence-corrected chi connectivity index (χ1v) is 4.29. The Labute approximate surface area is 77.5 Å². The van der Waals surface area contributed by atoms with Gasteiger partial charge in [-0.1, -0.05) is 30.8 Å². The number of hydrogen-bond acceptors (Lipinski definition) is 1. The number of benzene rings is 1. The van der Waals surface area contributed by atoms with Gasteiger partial charge in [0.05, 0.1) is 0 Å². The van der Waals surface area contributed by atoms with Crippen LogP contribution in [0, 0.1) is 0 Å². The molecule has 1 aromatic rings. The molecule has 0 saturated heterocycles. The van der Waals surface area contributed by atoms with Crippen LogP contribution in [-0.4, -0.2) is 10.8 Å². The van der Waals surface area contributed by atoms with Crippen molar-refractivity contribution < 1.29 is 4.79 Å². The van der Waals surface area contributed by atoms with Crippen LogP contribution < -0.4 is 0 Å². The summed E-state index contributed by atoms with van der Waals surface area (Å²) in [5.41, 5.74) is 2.50. The van der Waals surface area contributed by atoms with Gasteiger partial charge in [0.25, 0.3) is 0 Å². The molecule has 2 heteroatoms. The molecular weight excluding hydrogens is 162 g/mol. The van der Waals surface area contributed by atoms with Gasteiger partial charge < -0.3 is 4.90 Å². The first kappa shape index (κ1) is 8.05. The molecule has 66 valence electrons. The molecule has 0 radical (unpaired) electrons. The first-order chi connectivity index (χ1) is 6.31. The molecule has 2 nitrogen and oxygen atoms in total. The van der Waals surface area contributed by atoms with E-state index in [0.29, 0.717) is 0 Å². The number of hydrogen-bond donors (Lipinski definition) is 0. The predicted octanol–water partition coefficient (Wildman–Crippen LogP) is 1.71. The average molecular weight is 173 g/mol. The molecule has 0 bridgehead atoms. The van der Waals surface area contributed by atoms with Crippen molar-refractivity contribution in [3.63, 3.8) is 0 Å². The van der Waals surface area contributed by atoms with Crippen molar-refractivity contribution in [2.24, 2.45) is 0 Å². The molecule has 1 aliphatic rings. The van der Waals surface area contributed by atoms with E-state index in [9.17, 15) is 4.79 Å². The Morgan fingerprint density at radius 1 is 1.31 bits per heavy atom. The van der Waals surface area contributed by atoms with E-state index in [2.05, 4.69) is 18.7 Å². The fourth-order valence-corrected chi connectivity index (χ4v) is 1.62. The highest BCUT2D eigenvalue weighted by Gasteiger charge is 2.20. The topological polar surface area (TPSA) is 20.3 Å². The summed E-state index contributed by atoms with van der Waals surface area (Å²) < 4.78 is 0. The quantitative estimate of drug-likeness (QED) is 0.592. The minimum absolute atomic E-state index is 0.0104. The average Bonchev–Trinajstić information content (AvgIpc) is 2.59. The zero-order chi connectivity index (χ0) is 9.26. The van der Waals surface area contributed by atoms with Crippen LogP contribution in [0.3, 0.4) is 0 Å². The molecule has 0 aliphatic carbocycles. The van der Waals surface area contributed by atoms with Gasteiger partial charge in [-0.2, -0.15) is 0 Å². The third-order valence-corrected chi connectivity index (χ3v) is 2.33. The molecule has 0 unspecified atom stereocenters. The summed E-state index contributed by atoms with van der Waals surface area (Å²) in [6, 6.07) is 8.12. The molecule has 1 aliphatic heterocycles. The molecule has 0 spiro atoms. The van der Waals surface area contributed by atoms with Crippen LogP contribution in [-0.2, 0) is 17.9 Å². The number of carbonyl (C=O) groups excluding carboxylic acids is 1. The van der Waals surface area contributed by atoms with Gasteiger partial charge in [0.1, 0.15) is 0 Å².